The molecule has 0 radical (unpaired) electrons. The quantitative estimate of drug-likeness (QED) is 0.739. The van der Waals surface area contributed by atoms with E-state index < -0.39 is 24.0 Å². The Bertz CT molecular complexity index is 512. The van der Waals surface area contributed by atoms with Crippen molar-refractivity contribution in [3.05, 3.63) is 29.8 Å². The number of methoxy groups -OCH3 is 1. The van der Waals surface area contributed by atoms with Gasteiger partial charge in [-0.25, -0.2) is 9.59 Å². The molecule has 0 saturated carbocycles. The van der Waals surface area contributed by atoms with Crippen molar-refractivity contribution in [2.75, 3.05) is 7.11 Å². The first-order chi connectivity index (χ1) is 8.54. The first-order valence-corrected chi connectivity index (χ1v) is 5.12. The minimum absolute atomic E-state index is 0.384. The molecule has 1 atom stereocenters. The molecule has 1 saturated heterocycles. The number of amides is 5. The van der Waals surface area contributed by atoms with Crippen LogP contribution in [0.2, 0.25) is 0 Å². The summed E-state index contributed by atoms with van der Waals surface area (Å²) in [6.07, 6.45) is 0. The predicted octanol–water partition coefficient (Wildman–Crippen LogP) is 0.367. The molecule has 7 nitrogen and oxygen atoms in total. The number of carbonyl (C=O) groups excluding carboxylic acids is 3. The summed E-state index contributed by atoms with van der Waals surface area (Å²) >= 11 is 0. The van der Waals surface area contributed by atoms with Gasteiger partial charge in [0.2, 0.25) is 0 Å². The molecular formula is C11H11N3O4. The fraction of sp³-hybridized carbons (Fsp3) is 0.182. The highest BCUT2D eigenvalue weighted by molar-refractivity contribution is 6.15. The van der Waals surface area contributed by atoms with E-state index in [1.807, 2.05) is 0 Å². The second kappa shape index (κ2) is 4.36. The zero-order valence-corrected chi connectivity index (χ0v) is 9.54. The van der Waals surface area contributed by atoms with Crippen molar-refractivity contribution in [1.82, 2.24) is 10.2 Å². The Balaban J connectivity index is 2.27. The fourth-order valence-electron chi connectivity index (χ4n) is 1.71. The van der Waals surface area contributed by atoms with Crippen molar-refractivity contribution in [1.29, 1.82) is 0 Å². The van der Waals surface area contributed by atoms with Crippen LogP contribution >= 0.6 is 0 Å². The van der Waals surface area contributed by atoms with Gasteiger partial charge < -0.3 is 15.8 Å². The number of hydrogen-bond acceptors (Lipinski definition) is 4. The average Bonchev–Trinajstić information content (AvgIpc) is 2.65. The highest BCUT2D eigenvalue weighted by atomic mass is 16.5. The predicted molar refractivity (Wildman–Crippen MR) is 60.7 cm³/mol. The second-order valence-electron chi connectivity index (χ2n) is 3.67. The smallest absolute Gasteiger partial charge is 0.333 e. The first kappa shape index (κ1) is 11.9. The van der Waals surface area contributed by atoms with E-state index in [0.29, 0.717) is 16.2 Å². The van der Waals surface area contributed by atoms with Gasteiger partial charge in [-0.05, 0) is 17.7 Å². The van der Waals surface area contributed by atoms with Gasteiger partial charge in [-0.3, -0.25) is 4.79 Å². The Morgan fingerprint density at radius 1 is 1.33 bits per heavy atom. The molecule has 18 heavy (non-hydrogen) atoms. The van der Waals surface area contributed by atoms with E-state index in [1.54, 1.807) is 24.3 Å². The van der Waals surface area contributed by atoms with Crippen LogP contribution in [0.25, 0.3) is 0 Å². The highest BCUT2D eigenvalue weighted by Crippen LogP contribution is 2.23. The molecule has 0 bridgehead atoms. The number of carbonyl (C=O) groups is 3. The maximum atomic E-state index is 11.8. The van der Waals surface area contributed by atoms with Crippen molar-refractivity contribution in [2.45, 2.75) is 6.04 Å². The summed E-state index contributed by atoms with van der Waals surface area (Å²) in [5.41, 5.74) is 5.50. The van der Waals surface area contributed by atoms with Crippen LogP contribution in [0.3, 0.4) is 0 Å². The number of nitrogens with one attached hydrogen (secondary N) is 1. The van der Waals surface area contributed by atoms with E-state index in [1.165, 1.54) is 7.11 Å². The van der Waals surface area contributed by atoms with E-state index in [2.05, 4.69) is 5.32 Å². The van der Waals surface area contributed by atoms with Crippen molar-refractivity contribution in [3.8, 4) is 5.75 Å². The van der Waals surface area contributed by atoms with Crippen LogP contribution in [0.4, 0.5) is 9.59 Å². The molecule has 7 heteroatoms. The Kier molecular flexibility index (Phi) is 2.88. The number of benzene rings is 1. The van der Waals surface area contributed by atoms with Crippen LogP contribution in [0.15, 0.2) is 24.3 Å². The van der Waals surface area contributed by atoms with E-state index in [9.17, 15) is 14.4 Å². The van der Waals surface area contributed by atoms with Crippen molar-refractivity contribution in [2.24, 2.45) is 5.73 Å². The average molecular weight is 249 g/mol. The zero-order chi connectivity index (χ0) is 13.3. The van der Waals surface area contributed by atoms with Gasteiger partial charge in [-0.1, -0.05) is 12.1 Å². The van der Waals surface area contributed by atoms with E-state index >= 15 is 0 Å². The molecule has 3 N–H and O–H groups in total. The number of nitrogens with zero attached hydrogens (tertiary/aromatic N) is 1. The van der Waals surface area contributed by atoms with Gasteiger partial charge in [0, 0.05) is 0 Å². The van der Waals surface area contributed by atoms with Gasteiger partial charge in [0.15, 0.2) is 0 Å². The zero-order valence-electron chi connectivity index (χ0n) is 9.54. The molecule has 1 aromatic carbocycles. The second-order valence-corrected chi connectivity index (χ2v) is 3.67. The molecule has 0 aromatic heterocycles. The Morgan fingerprint density at radius 2 is 1.94 bits per heavy atom. The number of ether oxygens (including phenoxy) is 1. The number of urea groups is 2. The van der Waals surface area contributed by atoms with Crippen molar-refractivity contribution < 1.29 is 19.1 Å². The molecule has 0 unspecified atom stereocenters. The van der Waals surface area contributed by atoms with Gasteiger partial charge >= 0.3 is 12.1 Å². The van der Waals surface area contributed by atoms with Gasteiger partial charge in [-0.2, -0.15) is 4.90 Å². The van der Waals surface area contributed by atoms with Gasteiger partial charge in [0.25, 0.3) is 5.91 Å². The van der Waals surface area contributed by atoms with Crippen LogP contribution in [0, 0.1) is 0 Å². The van der Waals surface area contributed by atoms with Gasteiger partial charge in [-0.15, -0.1) is 0 Å². The molecule has 0 aliphatic carbocycles. The summed E-state index contributed by atoms with van der Waals surface area (Å²) < 4.78 is 4.98. The molecule has 1 aromatic rings. The summed E-state index contributed by atoms with van der Waals surface area (Å²) in [5, 5.41) is 2.38. The van der Waals surface area contributed by atoms with Gasteiger partial charge in [0.05, 0.1) is 7.11 Å². The first-order valence-electron chi connectivity index (χ1n) is 5.12. The minimum Gasteiger partial charge on any atom is -0.497 e. The molecule has 1 heterocycles. The molecule has 0 spiro atoms. The van der Waals surface area contributed by atoms with Crippen molar-refractivity contribution in [3.63, 3.8) is 0 Å². The molecule has 1 fully saturated rings. The molecule has 1 aliphatic rings. The number of imide groups is 3. The van der Waals surface area contributed by atoms with Crippen LogP contribution in [0.5, 0.6) is 5.75 Å². The standard InChI is InChI=1S/C11H11N3O4/c1-18-7-4-2-6(3-5-7)8-9(15)14(10(12)16)11(17)13-8/h2-5,8H,1H3,(H2,12,16)(H,13,17)/t8-/m1/s1. The topological polar surface area (TPSA) is 102 Å². The minimum atomic E-state index is -1.09. The van der Waals surface area contributed by atoms with Crippen molar-refractivity contribution >= 4 is 18.0 Å². The Labute approximate surface area is 102 Å². The summed E-state index contributed by atoms with van der Waals surface area (Å²) in [5.74, 6) is -0.0556. The molecule has 94 valence electrons. The summed E-state index contributed by atoms with van der Waals surface area (Å²) in [7, 11) is 1.52. The van der Waals surface area contributed by atoms with Crippen LogP contribution < -0.4 is 15.8 Å². The number of hydrogen-bond donors (Lipinski definition) is 2. The monoisotopic (exact) mass is 249 g/mol. The van der Waals surface area contributed by atoms with E-state index in [0.717, 1.165) is 0 Å². The lowest BCUT2D eigenvalue weighted by Gasteiger charge is -2.09. The molecular weight excluding hydrogens is 238 g/mol. The lowest BCUT2D eigenvalue weighted by molar-refractivity contribution is -0.125. The lowest BCUT2D eigenvalue weighted by Crippen LogP contribution is -2.40. The maximum absolute atomic E-state index is 11.8. The van der Waals surface area contributed by atoms with E-state index in [4.69, 9.17) is 10.5 Å². The SMILES string of the molecule is COc1ccc([C@H]2NC(=O)N(C(N)=O)C2=O)cc1. The summed E-state index contributed by atoms with van der Waals surface area (Å²) in [6, 6.07) is 3.78. The summed E-state index contributed by atoms with van der Waals surface area (Å²) in [4.78, 5) is 34.6. The van der Waals surface area contributed by atoms with Crippen LogP contribution in [-0.4, -0.2) is 30.0 Å². The Hall–Kier alpha value is -2.57. The third-order valence-corrected chi connectivity index (χ3v) is 2.61. The highest BCUT2D eigenvalue weighted by Gasteiger charge is 2.41. The molecule has 5 amide bonds. The normalized spacial score (nSPS) is 18.7. The summed E-state index contributed by atoms with van der Waals surface area (Å²) in [6.45, 7) is 0. The van der Waals surface area contributed by atoms with E-state index in [-0.39, 0.29) is 0 Å². The van der Waals surface area contributed by atoms with Crippen LogP contribution in [0.1, 0.15) is 11.6 Å². The molecule has 1 aliphatic heterocycles. The fourth-order valence-corrected chi connectivity index (χ4v) is 1.71. The largest absolute Gasteiger partial charge is 0.497 e. The number of nitrogens with two attached hydrogens (primary N) is 1. The van der Waals surface area contributed by atoms with Gasteiger partial charge in [0.1, 0.15) is 11.8 Å². The Morgan fingerprint density at radius 3 is 2.39 bits per heavy atom. The third-order valence-electron chi connectivity index (χ3n) is 2.61. The molecule has 2 rings (SSSR count). The number of rotatable bonds is 2. The maximum Gasteiger partial charge on any atom is 0.333 e. The lowest BCUT2D eigenvalue weighted by atomic mass is 10.1. The number of primary amides is 1. The third kappa shape index (κ3) is 1.86. The van der Waals surface area contributed by atoms with Crippen LogP contribution in [-0.2, 0) is 4.79 Å².